The molecule has 1 radical (unpaired) electrons. The molecule has 0 aliphatic rings. The number of pyridine rings is 1. The minimum Gasteiger partial charge on any atom is -0.256 e. The zero-order valence-electron chi connectivity index (χ0n) is 12.5. The Morgan fingerprint density at radius 1 is 0.565 bits per heavy atom. The van der Waals surface area contributed by atoms with Crippen LogP contribution in [-0.4, -0.2) is 4.98 Å². The van der Waals surface area contributed by atoms with E-state index in [0.717, 1.165) is 22.9 Å². The molecular formula is C19H17NRhS2. The summed E-state index contributed by atoms with van der Waals surface area (Å²) in [6, 6.07) is 27.2. The first-order valence-electron chi connectivity index (χ1n) is 7.21. The molecule has 0 saturated heterocycles. The van der Waals surface area contributed by atoms with Gasteiger partial charge in [-0.2, -0.15) is 0 Å². The van der Waals surface area contributed by atoms with E-state index in [0.29, 0.717) is 0 Å². The van der Waals surface area contributed by atoms with Crippen molar-refractivity contribution < 1.29 is 19.5 Å². The molecule has 0 spiro atoms. The second kappa shape index (κ2) is 9.92. The molecule has 1 heterocycles. The summed E-state index contributed by atoms with van der Waals surface area (Å²) in [5.74, 6) is 1.82. The van der Waals surface area contributed by atoms with Crippen LogP contribution >= 0.6 is 23.5 Å². The van der Waals surface area contributed by atoms with Crippen molar-refractivity contribution in [3.63, 3.8) is 0 Å². The Hall–Kier alpha value is -1.09. The van der Waals surface area contributed by atoms with Gasteiger partial charge in [0.2, 0.25) is 0 Å². The van der Waals surface area contributed by atoms with Gasteiger partial charge in [-0.15, -0.1) is 23.5 Å². The molecule has 119 valence electrons. The molecule has 3 rings (SSSR count). The number of rotatable bonds is 6. The Morgan fingerprint density at radius 3 is 1.43 bits per heavy atom. The van der Waals surface area contributed by atoms with Gasteiger partial charge in [0.05, 0.1) is 11.4 Å². The normalized spacial score (nSPS) is 10.1. The fourth-order valence-electron chi connectivity index (χ4n) is 2.04. The summed E-state index contributed by atoms with van der Waals surface area (Å²) in [4.78, 5) is 7.33. The van der Waals surface area contributed by atoms with Crippen LogP contribution in [0, 0.1) is 0 Å². The van der Waals surface area contributed by atoms with Gasteiger partial charge in [-0.05, 0) is 36.4 Å². The number of benzene rings is 2. The maximum atomic E-state index is 4.76. The van der Waals surface area contributed by atoms with Crippen LogP contribution < -0.4 is 0 Å². The average molecular weight is 426 g/mol. The van der Waals surface area contributed by atoms with E-state index in [4.69, 9.17) is 4.98 Å². The second-order valence-corrected chi connectivity index (χ2v) is 6.92. The summed E-state index contributed by atoms with van der Waals surface area (Å²) in [5.41, 5.74) is 2.28. The minimum absolute atomic E-state index is 0. The molecule has 2 aromatic carbocycles. The van der Waals surface area contributed by atoms with E-state index in [1.54, 1.807) is 0 Å². The fraction of sp³-hybridized carbons (Fsp3) is 0.105. The monoisotopic (exact) mass is 426 g/mol. The van der Waals surface area contributed by atoms with E-state index in [2.05, 4.69) is 66.7 Å². The van der Waals surface area contributed by atoms with Gasteiger partial charge in [-0.25, -0.2) is 0 Å². The van der Waals surface area contributed by atoms with E-state index in [9.17, 15) is 0 Å². The molecule has 0 saturated carbocycles. The quantitative estimate of drug-likeness (QED) is 0.373. The number of nitrogens with zero attached hydrogens (tertiary/aromatic N) is 1. The first-order chi connectivity index (χ1) is 10.9. The van der Waals surface area contributed by atoms with E-state index in [1.807, 2.05) is 35.7 Å². The molecule has 0 unspecified atom stereocenters. The Labute approximate surface area is 159 Å². The molecule has 4 heteroatoms. The summed E-state index contributed by atoms with van der Waals surface area (Å²) in [6.07, 6.45) is 0. The van der Waals surface area contributed by atoms with Gasteiger partial charge in [-0.3, -0.25) is 4.98 Å². The van der Waals surface area contributed by atoms with Crippen LogP contribution in [0.1, 0.15) is 11.4 Å². The standard InChI is InChI=1S/C19H17NS2.Rh/c1-3-10-18(11-4-1)21-14-16-8-7-9-17(20-16)15-22-19-12-5-2-6-13-19;/h1-13H,14-15H2;. The molecule has 0 bridgehead atoms. The van der Waals surface area contributed by atoms with Crippen molar-refractivity contribution in [2.45, 2.75) is 21.3 Å². The summed E-state index contributed by atoms with van der Waals surface area (Å²) < 4.78 is 0. The molecule has 0 aliphatic carbocycles. The van der Waals surface area contributed by atoms with Crippen molar-refractivity contribution in [3.05, 3.63) is 90.3 Å². The molecule has 1 nitrogen and oxygen atoms in total. The van der Waals surface area contributed by atoms with E-state index < -0.39 is 0 Å². The topological polar surface area (TPSA) is 12.9 Å². The third-order valence-corrected chi connectivity index (χ3v) is 5.22. The van der Waals surface area contributed by atoms with Crippen molar-refractivity contribution in [1.82, 2.24) is 4.98 Å². The average Bonchev–Trinajstić information content (AvgIpc) is 2.60. The van der Waals surface area contributed by atoms with Crippen LogP contribution in [-0.2, 0) is 31.0 Å². The zero-order valence-corrected chi connectivity index (χ0v) is 15.8. The van der Waals surface area contributed by atoms with E-state index in [-0.39, 0.29) is 19.5 Å². The van der Waals surface area contributed by atoms with Gasteiger partial charge in [0.25, 0.3) is 0 Å². The van der Waals surface area contributed by atoms with Crippen molar-refractivity contribution in [2.75, 3.05) is 0 Å². The van der Waals surface area contributed by atoms with Crippen LogP contribution in [0.4, 0.5) is 0 Å². The number of hydrogen-bond acceptors (Lipinski definition) is 3. The predicted molar refractivity (Wildman–Crippen MR) is 96.2 cm³/mol. The molecule has 1 aromatic heterocycles. The smallest absolute Gasteiger partial charge is 0.0509 e. The minimum atomic E-state index is 0. The number of hydrogen-bond donors (Lipinski definition) is 0. The van der Waals surface area contributed by atoms with Crippen molar-refractivity contribution in [3.8, 4) is 0 Å². The van der Waals surface area contributed by atoms with E-state index >= 15 is 0 Å². The Morgan fingerprint density at radius 2 is 1.00 bits per heavy atom. The maximum Gasteiger partial charge on any atom is 0.0509 e. The number of thioether (sulfide) groups is 2. The largest absolute Gasteiger partial charge is 0.256 e. The van der Waals surface area contributed by atoms with Crippen LogP contribution in [0.2, 0.25) is 0 Å². The first kappa shape index (κ1) is 18.3. The summed E-state index contributed by atoms with van der Waals surface area (Å²) in [5, 5.41) is 0. The van der Waals surface area contributed by atoms with Gasteiger partial charge in [0.1, 0.15) is 0 Å². The molecular weight excluding hydrogens is 409 g/mol. The van der Waals surface area contributed by atoms with Gasteiger partial charge in [0.15, 0.2) is 0 Å². The van der Waals surface area contributed by atoms with Crippen molar-refractivity contribution in [1.29, 1.82) is 0 Å². The first-order valence-corrected chi connectivity index (χ1v) is 9.18. The molecule has 3 aromatic rings. The maximum absolute atomic E-state index is 4.76. The molecule has 23 heavy (non-hydrogen) atoms. The predicted octanol–water partition coefficient (Wildman–Crippen LogP) is 5.66. The van der Waals surface area contributed by atoms with E-state index in [1.165, 1.54) is 9.79 Å². The molecule has 0 atom stereocenters. The third-order valence-electron chi connectivity index (χ3n) is 3.12. The second-order valence-electron chi connectivity index (χ2n) is 4.82. The van der Waals surface area contributed by atoms with Crippen molar-refractivity contribution in [2.24, 2.45) is 0 Å². The van der Waals surface area contributed by atoms with Gasteiger partial charge < -0.3 is 0 Å². The summed E-state index contributed by atoms with van der Waals surface area (Å²) >= 11 is 3.65. The third kappa shape index (κ3) is 6.14. The molecule has 0 N–H and O–H groups in total. The van der Waals surface area contributed by atoms with Gasteiger partial charge in [0, 0.05) is 40.8 Å². The molecule has 0 aliphatic heterocycles. The zero-order chi connectivity index (χ0) is 15.0. The Balaban J connectivity index is 0.00000192. The van der Waals surface area contributed by atoms with Crippen LogP contribution in [0.5, 0.6) is 0 Å². The van der Waals surface area contributed by atoms with Crippen LogP contribution in [0.3, 0.4) is 0 Å². The fourth-order valence-corrected chi connectivity index (χ4v) is 3.69. The SMILES string of the molecule is [Rh].c1ccc(SCc2cccc(CSc3ccccc3)n2)cc1. The Kier molecular flexibility index (Phi) is 7.87. The Bertz CT molecular complexity index is 646. The van der Waals surface area contributed by atoms with Gasteiger partial charge >= 0.3 is 0 Å². The summed E-state index contributed by atoms with van der Waals surface area (Å²) in [7, 11) is 0. The molecule has 0 amide bonds. The molecule has 0 fully saturated rings. The summed E-state index contributed by atoms with van der Waals surface area (Å²) in [6.45, 7) is 0. The number of aromatic nitrogens is 1. The van der Waals surface area contributed by atoms with Crippen LogP contribution in [0.25, 0.3) is 0 Å². The van der Waals surface area contributed by atoms with Gasteiger partial charge in [-0.1, -0.05) is 42.5 Å². The van der Waals surface area contributed by atoms with Crippen LogP contribution in [0.15, 0.2) is 88.7 Å². The van der Waals surface area contributed by atoms with Crippen molar-refractivity contribution >= 4 is 23.5 Å².